The van der Waals surface area contributed by atoms with Crippen LogP contribution < -0.4 is 0 Å². The maximum absolute atomic E-state index is 13.6. The number of hydrogen-bond acceptors (Lipinski definition) is 3. The molecule has 4 aliphatic carbocycles. The summed E-state index contributed by atoms with van der Waals surface area (Å²) < 4.78 is 0. The third-order valence-electron chi connectivity index (χ3n) is 10.0. The first-order valence-electron chi connectivity index (χ1n) is 10.9. The highest BCUT2D eigenvalue weighted by Crippen LogP contribution is 2.70. The van der Waals surface area contributed by atoms with Crippen molar-refractivity contribution in [2.45, 2.75) is 92.6 Å². The highest BCUT2D eigenvalue weighted by Gasteiger charge is 2.65. The van der Waals surface area contributed by atoms with Crippen LogP contribution in [0.15, 0.2) is 11.1 Å². The molecule has 2 saturated carbocycles. The van der Waals surface area contributed by atoms with Gasteiger partial charge >= 0.3 is 0 Å². The molecule has 3 nitrogen and oxygen atoms in total. The van der Waals surface area contributed by atoms with E-state index in [1.807, 2.05) is 0 Å². The number of aliphatic hydroxyl groups is 1. The Hall–Kier alpha value is -0.960. The van der Waals surface area contributed by atoms with Crippen LogP contribution in [0.4, 0.5) is 0 Å². The van der Waals surface area contributed by atoms with Crippen molar-refractivity contribution in [3.8, 4) is 0 Å². The van der Waals surface area contributed by atoms with Crippen molar-refractivity contribution < 1.29 is 14.7 Å². The Morgan fingerprint density at radius 3 is 2.33 bits per heavy atom. The maximum Gasteiger partial charge on any atom is 0.159 e. The van der Waals surface area contributed by atoms with Crippen molar-refractivity contribution >= 4 is 11.6 Å². The molecule has 2 fully saturated rings. The lowest BCUT2D eigenvalue weighted by molar-refractivity contribution is -0.136. The molecule has 0 saturated heterocycles. The van der Waals surface area contributed by atoms with Crippen molar-refractivity contribution in [2.24, 2.45) is 33.5 Å². The molecule has 0 heterocycles. The van der Waals surface area contributed by atoms with Crippen LogP contribution in [0.2, 0.25) is 0 Å². The zero-order valence-corrected chi connectivity index (χ0v) is 17.9. The van der Waals surface area contributed by atoms with E-state index in [0.717, 1.165) is 44.1 Å². The lowest BCUT2D eigenvalue weighted by atomic mass is 9.43. The summed E-state index contributed by atoms with van der Waals surface area (Å²) in [6.07, 6.45) is 5.81. The molecule has 0 bridgehead atoms. The minimum absolute atomic E-state index is 0.00459. The van der Waals surface area contributed by atoms with Crippen LogP contribution in [0.25, 0.3) is 0 Å². The van der Waals surface area contributed by atoms with Gasteiger partial charge in [0.2, 0.25) is 0 Å². The predicted molar refractivity (Wildman–Crippen MR) is 106 cm³/mol. The fourth-order valence-corrected chi connectivity index (χ4v) is 8.00. The monoisotopic (exact) mass is 372 g/mol. The van der Waals surface area contributed by atoms with E-state index in [9.17, 15) is 14.7 Å². The van der Waals surface area contributed by atoms with Gasteiger partial charge in [0.15, 0.2) is 5.78 Å². The molecule has 0 aliphatic heterocycles. The summed E-state index contributed by atoms with van der Waals surface area (Å²) in [5.41, 5.74) is 1.96. The number of rotatable bonds is 1. The van der Waals surface area contributed by atoms with Crippen molar-refractivity contribution in [2.75, 3.05) is 0 Å². The fourth-order valence-electron chi connectivity index (χ4n) is 8.00. The Bertz CT molecular complexity index is 747. The summed E-state index contributed by atoms with van der Waals surface area (Å²) >= 11 is 0. The smallest absolute Gasteiger partial charge is 0.159 e. The quantitative estimate of drug-likeness (QED) is 0.715. The summed E-state index contributed by atoms with van der Waals surface area (Å²) in [6.45, 7) is 12.9. The van der Waals surface area contributed by atoms with Crippen molar-refractivity contribution in [1.29, 1.82) is 0 Å². The van der Waals surface area contributed by atoms with Gasteiger partial charge < -0.3 is 5.11 Å². The Morgan fingerprint density at radius 2 is 1.70 bits per heavy atom. The van der Waals surface area contributed by atoms with Gasteiger partial charge in [0, 0.05) is 23.3 Å². The molecular weight excluding hydrogens is 336 g/mol. The minimum Gasteiger partial charge on any atom is -0.393 e. The third kappa shape index (κ3) is 2.18. The van der Waals surface area contributed by atoms with E-state index >= 15 is 0 Å². The van der Waals surface area contributed by atoms with Gasteiger partial charge in [-0.1, -0.05) is 40.2 Å². The maximum atomic E-state index is 13.6. The summed E-state index contributed by atoms with van der Waals surface area (Å²) in [5, 5.41) is 10.6. The molecular formula is C24H36O3. The molecule has 3 heteroatoms. The van der Waals surface area contributed by atoms with E-state index in [1.54, 1.807) is 6.92 Å². The topological polar surface area (TPSA) is 54.4 Å². The lowest BCUT2D eigenvalue weighted by Crippen LogP contribution is -2.57. The van der Waals surface area contributed by atoms with Gasteiger partial charge in [-0.15, -0.1) is 0 Å². The van der Waals surface area contributed by atoms with E-state index < -0.39 is 0 Å². The molecule has 0 unspecified atom stereocenters. The number of Topliss-reactive ketones (excluding diaryl/α,β-unsaturated/α-hetero) is 2. The summed E-state index contributed by atoms with van der Waals surface area (Å²) in [4.78, 5) is 25.9. The standard InChI is InChI=1S/C24H36O3/c1-14(25)15-7-12-24(6)20-16(8-11-23(15,24)5)22(4)10-9-19(27)21(2,3)18(22)13-17(20)26/h15,18-19,27H,7-13H2,1-6H3/t15-,18-,19-,22+,23-,24+/m0/s1. The molecule has 4 aliphatic rings. The lowest BCUT2D eigenvalue weighted by Gasteiger charge is -2.61. The zero-order valence-electron chi connectivity index (χ0n) is 17.9. The molecule has 150 valence electrons. The molecule has 0 aromatic rings. The second kappa shape index (κ2) is 5.55. The van der Waals surface area contributed by atoms with Crippen LogP contribution in [0, 0.1) is 33.5 Å². The number of carbonyl (C=O) groups is 2. The number of aliphatic hydroxyl groups excluding tert-OH is 1. The fraction of sp³-hybridized carbons (Fsp3) is 0.833. The summed E-state index contributed by atoms with van der Waals surface area (Å²) in [5.74, 6) is 0.879. The molecule has 6 atom stereocenters. The predicted octanol–water partition coefficient (Wildman–Crippen LogP) is 4.86. The van der Waals surface area contributed by atoms with Crippen LogP contribution in [-0.2, 0) is 9.59 Å². The Morgan fingerprint density at radius 1 is 1.04 bits per heavy atom. The molecule has 0 aromatic heterocycles. The molecule has 27 heavy (non-hydrogen) atoms. The van der Waals surface area contributed by atoms with E-state index in [4.69, 9.17) is 0 Å². The molecule has 0 amide bonds. The van der Waals surface area contributed by atoms with Crippen molar-refractivity contribution in [3.63, 3.8) is 0 Å². The highest BCUT2D eigenvalue weighted by molar-refractivity contribution is 6.00. The van der Waals surface area contributed by atoms with Crippen molar-refractivity contribution in [3.05, 3.63) is 11.1 Å². The van der Waals surface area contributed by atoms with Gasteiger partial charge in [-0.25, -0.2) is 0 Å². The normalized spacial score (nSPS) is 48.7. The van der Waals surface area contributed by atoms with Crippen LogP contribution >= 0.6 is 0 Å². The molecule has 0 radical (unpaired) electrons. The van der Waals surface area contributed by atoms with Gasteiger partial charge in [-0.2, -0.15) is 0 Å². The summed E-state index contributed by atoms with van der Waals surface area (Å²) in [6, 6.07) is 0. The Balaban J connectivity index is 1.87. The SMILES string of the molecule is CC(=O)[C@@H]1CC[C@]2(C)C3=C(CC[C@@]12C)[C@@]1(C)CC[C@H](O)C(C)(C)[C@@H]1CC3=O. The first-order chi connectivity index (χ1) is 12.4. The van der Waals surface area contributed by atoms with Gasteiger partial charge in [0.05, 0.1) is 6.10 Å². The second-order valence-corrected chi connectivity index (χ2v) is 11.3. The van der Waals surface area contributed by atoms with Gasteiger partial charge in [0.25, 0.3) is 0 Å². The average Bonchev–Trinajstić information content (AvgIpc) is 2.85. The van der Waals surface area contributed by atoms with Crippen molar-refractivity contribution in [1.82, 2.24) is 0 Å². The zero-order chi connectivity index (χ0) is 20.0. The first-order valence-corrected chi connectivity index (χ1v) is 10.9. The number of hydrogen-bond donors (Lipinski definition) is 1. The van der Waals surface area contributed by atoms with E-state index in [-0.39, 0.29) is 39.6 Å². The summed E-state index contributed by atoms with van der Waals surface area (Å²) in [7, 11) is 0. The number of allylic oxidation sites excluding steroid dienone is 2. The molecule has 4 rings (SSSR count). The van der Waals surface area contributed by atoms with Gasteiger partial charge in [-0.05, 0) is 67.6 Å². The van der Waals surface area contributed by atoms with E-state index in [2.05, 4.69) is 34.6 Å². The minimum atomic E-state index is -0.330. The van der Waals surface area contributed by atoms with Crippen LogP contribution in [0.3, 0.4) is 0 Å². The first kappa shape index (κ1) is 19.4. The number of fused-ring (bicyclic) bond motifs is 4. The van der Waals surface area contributed by atoms with Gasteiger partial charge in [-0.3, -0.25) is 9.59 Å². The van der Waals surface area contributed by atoms with Crippen LogP contribution in [0.5, 0.6) is 0 Å². The van der Waals surface area contributed by atoms with Crippen LogP contribution in [-0.4, -0.2) is 22.8 Å². The third-order valence-corrected chi connectivity index (χ3v) is 10.0. The Kier molecular flexibility index (Phi) is 3.98. The van der Waals surface area contributed by atoms with Crippen LogP contribution in [0.1, 0.15) is 86.5 Å². The largest absolute Gasteiger partial charge is 0.393 e. The number of ketones is 2. The highest BCUT2D eigenvalue weighted by atomic mass is 16.3. The van der Waals surface area contributed by atoms with E-state index in [0.29, 0.717) is 18.0 Å². The molecule has 1 N–H and O–H groups in total. The molecule has 0 spiro atoms. The number of carbonyl (C=O) groups excluding carboxylic acids is 2. The van der Waals surface area contributed by atoms with Gasteiger partial charge in [0.1, 0.15) is 5.78 Å². The van der Waals surface area contributed by atoms with E-state index in [1.165, 1.54) is 5.57 Å². The second-order valence-electron chi connectivity index (χ2n) is 11.3. The average molecular weight is 373 g/mol. The molecule has 0 aromatic carbocycles. The Labute approximate surface area is 164 Å².